The van der Waals surface area contributed by atoms with Gasteiger partial charge >= 0.3 is 6.61 Å². The summed E-state index contributed by atoms with van der Waals surface area (Å²) in [5.74, 6) is -0.0440. The van der Waals surface area contributed by atoms with Crippen LogP contribution in [0.15, 0.2) is 48.8 Å². The highest BCUT2D eigenvalue weighted by Crippen LogP contribution is 2.44. The third-order valence-electron chi connectivity index (χ3n) is 5.87. The average Bonchev–Trinajstić information content (AvgIpc) is 3.29. The lowest BCUT2D eigenvalue weighted by molar-refractivity contribution is -0.0507. The first-order valence-corrected chi connectivity index (χ1v) is 10.6. The van der Waals surface area contributed by atoms with Gasteiger partial charge < -0.3 is 19.5 Å². The molecule has 176 valence electrons. The van der Waals surface area contributed by atoms with Crippen molar-refractivity contribution in [2.75, 3.05) is 0 Å². The zero-order valence-corrected chi connectivity index (χ0v) is 18.3. The van der Waals surface area contributed by atoms with E-state index in [9.17, 15) is 19.0 Å². The first-order chi connectivity index (χ1) is 16.1. The Morgan fingerprint density at radius 3 is 2.53 bits per heavy atom. The molecule has 0 amide bonds. The Morgan fingerprint density at radius 1 is 1.15 bits per heavy atom. The zero-order chi connectivity index (χ0) is 24.2. The number of aliphatic hydroxyl groups is 2. The van der Waals surface area contributed by atoms with Crippen molar-refractivity contribution in [3.05, 3.63) is 71.8 Å². The van der Waals surface area contributed by atoms with Crippen molar-refractivity contribution < 1.29 is 28.1 Å². The molecule has 0 aliphatic carbocycles. The Balaban J connectivity index is 1.64. The second-order valence-corrected chi connectivity index (χ2v) is 8.70. The SMILES string of the molecule is CC(C)(O)c1ncc(-c2cc3c(cc2F)nc2n3C(c3ccccc3OC(F)F)CC2O)cn1. The number of aliphatic hydroxyl groups excluding tert-OH is 1. The van der Waals surface area contributed by atoms with E-state index in [2.05, 4.69) is 15.0 Å². The number of halogens is 3. The molecule has 5 rings (SSSR count). The van der Waals surface area contributed by atoms with Crippen molar-refractivity contribution in [2.24, 2.45) is 0 Å². The second kappa shape index (κ2) is 8.07. The minimum Gasteiger partial charge on any atom is -0.434 e. The minimum absolute atomic E-state index is 0.00217. The van der Waals surface area contributed by atoms with Crippen LogP contribution in [0.1, 0.15) is 49.6 Å². The largest absolute Gasteiger partial charge is 0.434 e. The van der Waals surface area contributed by atoms with Crippen molar-refractivity contribution in [1.82, 2.24) is 19.5 Å². The van der Waals surface area contributed by atoms with Crippen LogP contribution in [0.5, 0.6) is 5.75 Å². The van der Waals surface area contributed by atoms with Gasteiger partial charge in [0.15, 0.2) is 5.82 Å². The first-order valence-electron chi connectivity index (χ1n) is 10.6. The zero-order valence-electron chi connectivity index (χ0n) is 18.3. The molecule has 0 spiro atoms. The molecule has 2 aromatic heterocycles. The van der Waals surface area contributed by atoms with Crippen LogP contribution >= 0.6 is 0 Å². The Morgan fingerprint density at radius 2 is 1.85 bits per heavy atom. The fourth-order valence-corrected chi connectivity index (χ4v) is 4.35. The summed E-state index contributed by atoms with van der Waals surface area (Å²) in [4.78, 5) is 12.7. The number of alkyl halides is 2. The highest BCUT2D eigenvalue weighted by Gasteiger charge is 2.36. The summed E-state index contributed by atoms with van der Waals surface area (Å²) in [6, 6.07) is 8.67. The maximum Gasteiger partial charge on any atom is 0.387 e. The van der Waals surface area contributed by atoms with Gasteiger partial charge in [0.2, 0.25) is 0 Å². The summed E-state index contributed by atoms with van der Waals surface area (Å²) in [5.41, 5.74) is 0.648. The maximum absolute atomic E-state index is 15.0. The average molecular weight is 470 g/mol. The number of hydrogen-bond acceptors (Lipinski definition) is 6. The van der Waals surface area contributed by atoms with Crippen molar-refractivity contribution in [3.8, 4) is 16.9 Å². The third-order valence-corrected chi connectivity index (χ3v) is 5.87. The smallest absolute Gasteiger partial charge is 0.387 e. The van der Waals surface area contributed by atoms with Crippen LogP contribution in [-0.4, -0.2) is 36.3 Å². The summed E-state index contributed by atoms with van der Waals surface area (Å²) in [6.45, 7) is 0.0929. The van der Waals surface area contributed by atoms with Crippen molar-refractivity contribution in [1.29, 1.82) is 0 Å². The van der Waals surface area contributed by atoms with E-state index in [-0.39, 0.29) is 23.6 Å². The molecular formula is C24H21F3N4O3. The van der Waals surface area contributed by atoms with Gasteiger partial charge in [-0.05, 0) is 26.0 Å². The molecule has 0 bridgehead atoms. The topological polar surface area (TPSA) is 93.3 Å². The molecule has 1 aliphatic heterocycles. The molecule has 2 atom stereocenters. The number of hydrogen-bond donors (Lipinski definition) is 2. The van der Waals surface area contributed by atoms with E-state index in [0.717, 1.165) is 0 Å². The molecule has 0 saturated heterocycles. The van der Waals surface area contributed by atoms with E-state index in [4.69, 9.17) is 4.74 Å². The lowest BCUT2D eigenvalue weighted by atomic mass is 10.0. The molecule has 2 unspecified atom stereocenters. The second-order valence-electron chi connectivity index (χ2n) is 8.70. The lowest BCUT2D eigenvalue weighted by Crippen LogP contribution is -2.19. The Bertz CT molecular complexity index is 1370. The molecule has 0 saturated carbocycles. The predicted octanol–water partition coefficient (Wildman–Crippen LogP) is 4.49. The Labute approximate surface area is 192 Å². The third kappa shape index (κ3) is 3.78. The highest BCUT2D eigenvalue weighted by molar-refractivity contribution is 5.83. The van der Waals surface area contributed by atoms with E-state index >= 15 is 4.39 Å². The van der Waals surface area contributed by atoms with Crippen LogP contribution in [0.4, 0.5) is 13.2 Å². The van der Waals surface area contributed by atoms with Crippen molar-refractivity contribution in [2.45, 2.75) is 44.6 Å². The maximum atomic E-state index is 15.0. The molecule has 1 aliphatic rings. The molecule has 0 radical (unpaired) electrons. The van der Waals surface area contributed by atoms with E-state index < -0.39 is 30.2 Å². The minimum atomic E-state index is -3.00. The molecule has 34 heavy (non-hydrogen) atoms. The standard InChI is InChI=1S/C24H21F3N4O3/c1-24(2,33)22-28-10-12(11-29-22)14-7-18-16(8-15(14)25)30-21-19(32)9-17(31(18)21)13-5-3-4-6-20(13)34-23(26)27/h3-8,10-11,17,19,23,32-33H,9H2,1-2H3. The summed E-state index contributed by atoms with van der Waals surface area (Å²) in [6.07, 6.45) is 2.09. The first kappa shape index (κ1) is 22.3. The van der Waals surface area contributed by atoms with E-state index in [1.165, 1.54) is 24.5 Å². The number of benzene rings is 2. The Kier molecular flexibility index (Phi) is 5.29. The number of fused-ring (bicyclic) bond motifs is 3. The van der Waals surface area contributed by atoms with Gasteiger partial charge in [0, 0.05) is 41.6 Å². The van der Waals surface area contributed by atoms with Gasteiger partial charge in [-0.25, -0.2) is 19.3 Å². The number of para-hydroxylation sites is 1. The van der Waals surface area contributed by atoms with Gasteiger partial charge in [0.25, 0.3) is 0 Å². The lowest BCUT2D eigenvalue weighted by Gasteiger charge is -2.19. The number of ether oxygens (including phenoxy) is 1. The van der Waals surface area contributed by atoms with Crippen LogP contribution in [0.3, 0.4) is 0 Å². The van der Waals surface area contributed by atoms with Gasteiger partial charge in [-0.3, -0.25) is 0 Å². The summed E-state index contributed by atoms with van der Waals surface area (Å²) in [7, 11) is 0. The van der Waals surface area contributed by atoms with Crippen LogP contribution < -0.4 is 4.74 Å². The van der Waals surface area contributed by atoms with Gasteiger partial charge in [-0.2, -0.15) is 8.78 Å². The molecule has 2 N–H and O–H groups in total. The van der Waals surface area contributed by atoms with Gasteiger partial charge in [0.1, 0.15) is 29.1 Å². The molecule has 10 heteroatoms. The highest BCUT2D eigenvalue weighted by atomic mass is 19.3. The van der Waals surface area contributed by atoms with Gasteiger partial charge in [0.05, 0.1) is 17.1 Å². The molecule has 0 fully saturated rings. The van der Waals surface area contributed by atoms with Crippen LogP contribution in [0.2, 0.25) is 0 Å². The van der Waals surface area contributed by atoms with Crippen molar-refractivity contribution in [3.63, 3.8) is 0 Å². The summed E-state index contributed by atoms with van der Waals surface area (Å²) < 4.78 is 47.4. The normalized spacial score (nSPS) is 18.0. The number of aromatic nitrogens is 4. The van der Waals surface area contributed by atoms with E-state index in [0.29, 0.717) is 28.0 Å². The molecule has 2 aromatic carbocycles. The quantitative estimate of drug-likeness (QED) is 0.447. The molecule has 3 heterocycles. The number of rotatable bonds is 5. The number of nitrogens with zero attached hydrogens (tertiary/aromatic N) is 4. The fourth-order valence-electron chi connectivity index (χ4n) is 4.35. The summed E-state index contributed by atoms with van der Waals surface area (Å²) >= 11 is 0. The van der Waals surface area contributed by atoms with E-state index in [1.807, 2.05) is 0 Å². The van der Waals surface area contributed by atoms with Crippen molar-refractivity contribution >= 4 is 11.0 Å². The van der Waals surface area contributed by atoms with Crippen LogP contribution in [0, 0.1) is 5.82 Å². The fraction of sp³-hybridized carbons (Fsp3) is 0.292. The van der Waals surface area contributed by atoms with Crippen LogP contribution in [-0.2, 0) is 5.60 Å². The number of imidazole rings is 1. The van der Waals surface area contributed by atoms with Gasteiger partial charge in [-0.15, -0.1) is 0 Å². The molecular weight excluding hydrogens is 449 g/mol. The predicted molar refractivity (Wildman–Crippen MR) is 117 cm³/mol. The van der Waals surface area contributed by atoms with E-state index in [1.54, 1.807) is 42.7 Å². The Hall–Kier alpha value is -3.50. The van der Waals surface area contributed by atoms with Crippen LogP contribution in [0.25, 0.3) is 22.2 Å². The molecule has 7 nitrogen and oxygen atoms in total. The molecule has 4 aromatic rings. The van der Waals surface area contributed by atoms with Gasteiger partial charge in [-0.1, -0.05) is 18.2 Å². The monoisotopic (exact) mass is 470 g/mol. The summed E-state index contributed by atoms with van der Waals surface area (Å²) in [5, 5.41) is 20.7.